The van der Waals surface area contributed by atoms with Crippen molar-refractivity contribution < 1.29 is 9.90 Å². The third-order valence-corrected chi connectivity index (χ3v) is 3.14. The van der Waals surface area contributed by atoms with Gasteiger partial charge >= 0.3 is 5.97 Å². The number of nitrogens with zero attached hydrogens (tertiary/aromatic N) is 3. The lowest BCUT2D eigenvalue weighted by Crippen LogP contribution is -2.39. The highest BCUT2D eigenvalue weighted by Gasteiger charge is 2.23. The van der Waals surface area contributed by atoms with Crippen LogP contribution in [0, 0.1) is 5.92 Å². The Hall–Kier alpha value is -1.65. The van der Waals surface area contributed by atoms with E-state index >= 15 is 0 Å². The highest BCUT2D eigenvalue weighted by Crippen LogP contribution is 2.23. The van der Waals surface area contributed by atoms with Crippen molar-refractivity contribution >= 4 is 11.8 Å². The van der Waals surface area contributed by atoms with Gasteiger partial charge in [-0.2, -0.15) is 0 Å². The van der Waals surface area contributed by atoms with Gasteiger partial charge in [-0.05, 0) is 18.8 Å². The molecule has 0 radical (unpaired) electrons. The maximum absolute atomic E-state index is 11.3. The lowest BCUT2D eigenvalue weighted by molar-refractivity contribution is 0.0696. The van der Waals surface area contributed by atoms with Gasteiger partial charge in [0, 0.05) is 18.8 Å². The van der Waals surface area contributed by atoms with Crippen LogP contribution < -0.4 is 4.90 Å². The van der Waals surface area contributed by atoms with E-state index < -0.39 is 5.97 Å². The van der Waals surface area contributed by atoms with Crippen molar-refractivity contribution in [1.82, 2.24) is 9.97 Å². The normalized spacial score (nSPS) is 11.1. The molecule has 0 amide bonds. The maximum atomic E-state index is 11.3. The molecule has 5 heteroatoms. The standard InChI is InChI=1S/C14H23N3O2/c1-5-11(6-2)17(8-10(3)4)13-12(14(18)19)7-15-9-16-13/h7,9-11H,5-6,8H2,1-4H3,(H,18,19). The molecule has 0 aliphatic rings. The average Bonchev–Trinajstić information content (AvgIpc) is 2.38. The second-order valence-corrected chi connectivity index (χ2v) is 5.08. The summed E-state index contributed by atoms with van der Waals surface area (Å²) in [5, 5.41) is 9.27. The van der Waals surface area contributed by atoms with E-state index in [4.69, 9.17) is 0 Å². The summed E-state index contributed by atoms with van der Waals surface area (Å²) in [6.07, 6.45) is 4.72. The van der Waals surface area contributed by atoms with Crippen molar-refractivity contribution in [3.8, 4) is 0 Å². The van der Waals surface area contributed by atoms with Crippen LogP contribution >= 0.6 is 0 Å². The highest BCUT2D eigenvalue weighted by molar-refractivity contribution is 5.92. The van der Waals surface area contributed by atoms with Crippen molar-refractivity contribution in [2.75, 3.05) is 11.4 Å². The zero-order valence-electron chi connectivity index (χ0n) is 12.1. The second kappa shape index (κ2) is 7.07. The van der Waals surface area contributed by atoms with Crippen LogP contribution in [0.2, 0.25) is 0 Å². The Morgan fingerprint density at radius 3 is 2.47 bits per heavy atom. The SMILES string of the molecule is CCC(CC)N(CC(C)C)c1ncncc1C(=O)O. The molecule has 19 heavy (non-hydrogen) atoms. The second-order valence-electron chi connectivity index (χ2n) is 5.08. The van der Waals surface area contributed by atoms with Gasteiger partial charge in [-0.3, -0.25) is 0 Å². The first-order valence-electron chi connectivity index (χ1n) is 6.81. The molecule has 0 fully saturated rings. The van der Waals surface area contributed by atoms with Crippen LogP contribution in [0.1, 0.15) is 50.9 Å². The summed E-state index contributed by atoms with van der Waals surface area (Å²) in [5.41, 5.74) is 0.176. The predicted octanol–water partition coefficient (Wildman–Crippen LogP) is 2.83. The van der Waals surface area contributed by atoms with Gasteiger partial charge in [-0.15, -0.1) is 0 Å². The molecule has 1 heterocycles. The van der Waals surface area contributed by atoms with Gasteiger partial charge in [0.15, 0.2) is 0 Å². The molecule has 0 bridgehead atoms. The molecule has 0 spiro atoms. The van der Waals surface area contributed by atoms with Gasteiger partial charge in [-0.25, -0.2) is 14.8 Å². The Balaban J connectivity index is 3.20. The number of anilines is 1. The number of aromatic nitrogens is 2. The first kappa shape index (κ1) is 15.4. The number of carboxylic acid groups (broad SMARTS) is 1. The summed E-state index contributed by atoms with van der Waals surface area (Å²) in [6.45, 7) is 9.27. The quantitative estimate of drug-likeness (QED) is 0.821. The van der Waals surface area contributed by atoms with Crippen LogP contribution in [-0.4, -0.2) is 33.6 Å². The summed E-state index contributed by atoms with van der Waals surface area (Å²) in [5.74, 6) is -0.00239. The van der Waals surface area contributed by atoms with Crippen LogP contribution in [0.5, 0.6) is 0 Å². The van der Waals surface area contributed by atoms with Crippen LogP contribution in [0.3, 0.4) is 0 Å². The maximum Gasteiger partial charge on any atom is 0.341 e. The molecule has 0 aliphatic carbocycles. The fourth-order valence-corrected chi connectivity index (χ4v) is 2.23. The summed E-state index contributed by atoms with van der Waals surface area (Å²) in [7, 11) is 0. The van der Waals surface area contributed by atoms with Crippen LogP contribution in [-0.2, 0) is 0 Å². The first-order valence-corrected chi connectivity index (χ1v) is 6.81. The minimum atomic E-state index is -0.977. The lowest BCUT2D eigenvalue weighted by Gasteiger charge is -2.33. The summed E-state index contributed by atoms with van der Waals surface area (Å²) in [6, 6.07) is 0.301. The van der Waals surface area contributed by atoms with Gasteiger partial charge < -0.3 is 10.0 Å². The summed E-state index contributed by atoms with van der Waals surface area (Å²) < 4.78 is 0. The monoisotopic (exact) mass is 265 g/mol. The van der Waals surface area contributed by atoms with Crippen LogP contribution in [0.25, 0.3) is 0 Å². The van der Waals surface area contributed by atoms with Gasteiger partial charge in [0.25, 0.3) is 0 Å². The average molecular weight is 265 g/mol. The third kappa shape index (κ3) is 3.91. The lowest BCUT2D eigenvalue weighted by atomic mass is 10.1. The minimum Gasteiger partial charge on any atom is -0.477 e. The van der Waals surface area contributed by atoms with Crippen molar-refractivity contribution in [3.63, 3.8) is 0 Å². The highest BCUT2D eigenvalue weighted by atomic mass is 16.4. The van der Waals surface area contributed by atoms with Gasteiger partial charge in [0.05, 0.1) is 0 Å². The topological polar surface area (TPSA) is 66.3 Å². The Kier molecular flexibility index (Phi) is 5.73. The first-order chi connectivity index (χ1) is 9.01. The van der Waals surface area contributed by atoms with E-state index in [-0.39, 0.29) is 5.56 Å². The van der Waals surface area contributed by atoms with Gasteiger partial charge in [0.2, 0.25) is 0 Å². The van der Waals surface area contributed by atoms with E-state index in [1.54, 1.807) is 0 Å². The Morgan fingerprint density at radius 2 is 2.00 bits per heavy atom. The zero-order chi connectivity index (χ0) is 14.4. The summed E-state index contributed by atoms with van der Waals surface area (Å²) >= 11 is 0. The molecular weight excluding hydrogens is 242 g/mol. The van der Waals surface area contributed by atoms with E-state index in [9.17, 15) is 9.90 Å². The molecule has 1 rings (SSSR count). The minimum absolute atomic E-state index is 0.176. The molecular formula is C14H23N3O2. The molecule has 0 atom stereocenters. The molecule has 0 aliphatic heterocycles. The van der Waals surface area contributed by atoms with Crippen molar-refractivity contribution in [2.45, 2.75) is 46.6 Å². The zero-order valence-corrected chi connectivity index (χ0v) is 12.1. The number of carboxylic acids is 1. The van der Waals surface area contributed by atoms with E-state index in [0.717, 1.165) is 19.4 Å². The Bertz CT molecular complexity index is 417. The molecule has 1 aromatic rings. The predicted molar refractivity (Wildman–Crippen MR) is 75.5 cm³/mol. The number of hydrogen-bond acceptors (Lipinski definition) is 4. The Labute approximate surface area is 114 Å². The van der Waals surface area contributed by atoms with Crippen LogP contribution in [0.15, 0.2) is 12.5 Å². The molecule has 1 N–H and O–H groups in total. The molecule has 5 nitrogen and oxygen atoms in total. The fraction of sp³-hybridized carbons (Fsp3) is 0.643. The molecule has 0 unspecified atom stereocenters. The third-order valence-electron chi connectivity index (χ3n) is 3.14. The van der Waals surface area contributed by atoms with Gasteiger partial charge in [-0.1, -0.05) is 27.7 Å². The fourth-order valence-electron chi connectivity index (χ4n) is 2.23. The van der Waals surface area contributed by atoms with E-state index in [1.807, 2.05) is 0 Å². The number of aromatic carboxylic acids is 1. The van der Waals surface area contributed by atoms with E-state index in [0.29, 0.717) is 17.8 Å². The number of carbonyl (C=O) groups is 1. The largest absolute Gasteiger partial charge is 0.477 e. The molecule has 0 saturated carbocycles. The van der Waals surface area contributed by atoms with Gasteiger partial charge in [0.1, 0.15) is 17.7 Å². The van der Waals surface area contributed by atoms with Crippen LogP contribution in [0.4, 0.5) is 5.82 Å². The smallest absolute Gasteiger partial charge is 0.341 e. The summed E-state index contributed by atoms with van der Waals surface area (Å²) in [4.78, 5) is 21.4. The van der Waals surface area contributed by atoms with Crippen molar-refractivity contribution in [2.24, 2.45) is 5.92 Å². The molecule has 1 aromatic heterocycles. The molecule has 106 valence electrons. The van der Waals surface area contributed by atoms with E-state index in [1.165, 1.54) is 12.5 Å². The van der Waals surface area contributed by atoms with Crippen molar-refractivity contribution in [3.05, 3.63) is 18.1 Å². The van der Waals surface area contributed by atoms with Crippen molar-refractivity contribution in [1.29, 1.82) is 0 Å². The number of hydrogen-bond donors (Lipinski definition) is 1. The molecule has 0 aromatic carbocycles. The Morgan fingerprint density at radius 1 is 1.37 bits per heavy atom. The van der Waals surface area contributed by atoms with E-state index in [2.05, 4.69) is 42.6 Å². The molecule has 0 saturated heterocycles. The number of rotatable bonds is 7.